The van der Waals surface area contributed by atoms with Crippen LogP contribution in [0.4, 0.5) is 5.69 Å². The monoisotopic (exact) mass is 426 g/mol. The van der Waals surface area contributed by atoms with E-state index < -0.39 is 22.0 Å². The quantitative estimate of drug-likeness (QED) is 0.687. The van der Waals surface area contributed by atoms with Crippen molar-refractivity contribution in [2.24, 2.45) is 0 Å². The second-order valence-electron chi connectivity index (χ2n) is 8.28. The van der Waals surface area contributed by atoms with E-state index in [0.29, 0.717) is 29.7 Å². The Kier molecular flexibility index (Phi) is 5.06. The molecule has 2 aromatic rings. The Morgan fingerprint density at radius 2 is 1.50 bits per heavy atom. The molecule has 2 fully saturated rings. The maximum atomic E-state index is 13.9. The van der Waals surface area contributed by atoms with Gasteiger partial charge in [0, 0.05) is 6.04 Å². The highest BCUT2D eigenvalue weighted by Crippen LogP contribution is 2.40. The first-order chi connectivity index (χ1) is 14.1. The molecule has 0 radical (unpaired) electrons. The standard InChI is InChI=1S/C23H26N2O4S/c1-14-12-15(2)17(4)22(16(14)3)30(28,29)25(19-10-11-19)20-13-21(26)24(23(20)27)18-8-6-5-7-9-18/h5-9,12,19-20H,10-11,13H2,1-4H3. The van der Waals surface area contributed by atoms with Gasteiger partial charge in [0.1, 0.15) is 6.04 Å². The molecule has 1 aliphatic carbocycles. The van der Waals surface area contributed by atoms with Crippen LogP contribution >= 0.6 is 0 Å². The summed E-state index contributed by atoms with van der Waals surface area (Å²) >= 11 is 0. The van der Waals surface area contributed by atoms with E-state index in [0.717, 1.165) is 16.0 Å². The van der Waals surface area contributed by atoms with Crippen LogP contribution < -0.4 is 4.90 Å². The van der Waals surface area contributed by atoms with E-state index >= 15 is 0 Å². The fourth-order valence-electron chi connectivity index (χ4n) is 4.28. The molecule has 30 heavy (non-hydrogen) atoms. The molecule has 0 spiro atoms. The van der Waals surface area contributed by atoms with Crippen molar-refractivity contribution in [1.29, 1.82) is 0 Å². The summed E-state index contributed by atoms with van der Waals surface area (Å²) in [4.78, 5) is 27.4. The van der Waals surface area contributed by atoms with Crippen LogP contribution in [0.1, 0.15) is 41.5 Å². The van der Waals surface area contributed by atoms with Crippen molar-refractivity contribution in [2.45, 2.75) is 63.9 Å². The van der Waals surface area contributed by atoms with Crippen LogP contribution in [0, 0.1) is 27.7 Å². The molecule has 1 unspecified atom stereocenters. The predicted molar refractivity (Wildman–Crippen MR) is 115 cm³/mol. The minimum Gasteiger partial charge on any atom is -0.274 e. The van der Waals surface area contributed by atoms with Crippen molar-refractivity contribution in [1.82, 2.24) is 4.31 Å². The molecule has 0 aromatic heterocycles. The molecule has 1 saturated heterocycles. The zero-order valence-electron chi connectivity index (χ0n) is 17.7. The molecular formula is C23H26N2O4S. The lowest BCUT2D eigenvalue weighted by molar-refractivity contribution is -0.122. The van der Waals surface area contributed by atoms with Crippen molar-refractivity contribution in [3.63, 3.8) is 0 Å². The maximum absolute atomic E-state index is 13.9. The van der Waals surface area contributed by atoms with Gasteiger partial charge in [-0.1, -0.05) is 24.3 Å². The molecule has 2 aromatic carbocycles. The summed E-state index contributed by atoms with van der Waals surface area (Å²) in [6.45, 7) is 7.39. The van der Waals surface area contributed by atoms with Crippen LogP contribution in [0.3, 0.4) is 0 Å². The smallest absolute Gasteiger partial charge is 0.252 e. The zero-order chi connectivity index (χ0) is 21.8. The van der Waals surface area contributed by atoms with Gasteiger partial charge in [0.15, 0.2) is 0 Å². The van der Waals surface area contributed by atoms with Gasteiger partial charge < -0.3 is 0 Å². The largest absolute Gasteiger partial charge is 0.274 e. The van der Waals surface area contributed by atoms with Crippen LogP contribution in [0.5, 0.6) is 0 Å². The van der Waals surface area contributed by atoms with Crippen molar-refractivity contribution >= 4 is 27.5 Å². The van der Waals surface area contributed by atoms with E-state index in [1.165, 1.54) is 4.31 Å². The van der Waals surface area contributed by atoms with Crippen LogP contribution in [0.25, 0.3) is 0 Å². The molecule has 2 amide bonds. The van der Waals surface area contributed by atoms with Crippen LogP contribution in [-0.4, -0.2) is 36.6 Å². The molecular weight excluding hydrogens is 400 g/mol. The number of amides is 2. The van der Waals surface area contributed by atoms with Gasteiger partial charge in [-0.05, 0) is 74.9 Å². The topological polar surface area (TPSA) is 74.8 Å². The summed E-state index contributed by atoms with van der Waals surface area (Å²) in [6, 6.07) is 9.41. The van der Waals surface area contributed by atoms with Crippen molar-refractivity contribution in [3.05, 3.63) is 58.7 Å². The van der Waals surface area contributed by atoms with Gasteiger partial charge in [0.2, 0.25) is 15.9 Å². The van der Waals surface area contributed by atoms with Gasteiger partial charge in [-0.15, -0.1) is 0 Å². The van der Waals surface area contributed by atoms with E-state index in [2.05, 4.69) is 0 Å². The second-order valence-corrected chi connectivity index (χ2v) is 10.1. The molecule has 6 nitrogen and oxygen atoms in total. The summed E-state index contributed by atoms with van der Waals surface area (Å²) in [5, 5.41) is 0. The maximum Gasteiger partial charge on any atom is 0.252 e. The number of carbonyl (C=O) groups excluding carboxylic acids is 2. The normalized spacial score (nSPS) is 19.8. The van der Waals surface area contributed by atoms with Crippen molar-refractivity contribution in [3.8, 4) is 0 Å². The van der Waals surface area contributed by atoms with E-state index in [1.807, 2.05) is 19.9 Å². The van der Waals surface area contributed by atoms with Crippen molar-refractivity contribution in [2.75, 3.05) is 4.90 Å². The number of para-hydroxylation sites is 1. The van der Waals surface area contributed by atoms with E-state index in [4.69, 9.17) is 0 Å². The zero-order valence-corrected chi connectivity index (χ0v) is 18.5. The molecule has 0 bridgehead atoms. The number of anilines is 1. The molecule has 1 atom stereocenters. The number of rotatable bonds is 5. The molecule has 0 N–H and O–H groups in total. The predicted octanol–water partition coefficient (Wildman–Crippen LogP) is 3.41. The molecule has 1 heterocycles. The van der Waals surface area contributed by atoms with Crippen LogP contribution in [0.2, 0.25) is 0 Å². The summed E-state index contributed by atoms with van der Waals surface area (Å²) in [5.74, 6) is -0.840. The van der Waals surface area contributed by atoms with Gasteiger partial charge in [0.05, 0.1) is 17.0 Å². The second kappa shape index (κ2) is 7.32. The Hall–Kier alpha value is -2.51. The third-order valence-corrected chi connectivity index (χ3v) is 8.42. The number of aryl methyl sites for hydroxylation is 2. The first-order valence-corrected chi connectivity index (χ1v) is 11.6. The number of carbonyl (C=O) groups is 2. The molecule has 1 aliphatic heterocycles. The summed E-state index contributed by atoms with van der Waals surface area (Å²) in [5.41, 5.74) is 3.65. The summed E-state index contributed by atoms with van der Waals surface area (Å²) in [7, 11) is -3.96. The van der Waals surface area contributed by atoms with Gasteiger partial charge in [-0.3, -0.25) is 9.59 Å². The summed E-state index contributed by atoms with van der Waals surface area (Å²) in [6.07, 6.45) is 1.27. The Morgan fingerprint density at radius 1 is 0.933 bits per heavy atom. The van der Waals surface area contributed by atoms with E-state index in [1.54, 1.807) is 44.2 Å². The number of nitrogens with zero attached hydrogens (tertiary/aromatic N) is 2. The Bertz CT molecular complexity index is 1110. The highest BCUT2D eigenvalue weighted by Gasteiger charge is 2.52. The van der Waals surface area contributed by atoms with Gasteiger partial charge >= 0.3 is 0 Å². The average molecular weight is 427 g/mol. The van der Waals surface area contributed by atoms with Crippen LogP contribution in [-0.2, 0) is 19.6 Å². The third kappa shape index (κ3) is 3.26. The fourth-order valence-corrected chi connectivity index (χ4v) is 6.69. The lowest BCUT2D eigenvalue weighted by atomic mass is 10.0. The van der Waals surface area contributed by atoms with Crippen molar-refractivity contribution < 1.29 is 18.0 Å². The third-order valence-electron chi connectivity index (χ3n) is 6.18. The minimum atomic E-state index is -3.96. The van der Waals surface area contributed by atoms with Gasteiger partial charge in [-0.2, -0.15) is 4.31 Å². The molecule has 4 rings (SSSR count). The fraction of sp³-hybridized carbons (Fsp3) is 0.391. The number of imide groups is 1. The van der Waals surface area contributed by atoms with Crippen LogP contribution in [0.15, 0.2) is 41.3 Å². The number of sulfonamides is 1. The van der Waals surface area contributed by atoms with Gasteiger partial charge in [0.25, 0.3) is 5.91 Å². The highest BCUT2D eigenvalue weighted by atomic mass is 32.2. The average Bonchev–Trinajstić information content (AvgIpc) is 3.46. The molecule has 2 aliphatic rings. The first kappa shape index (κ1) is 20.8. The lowest BCUT2D eigenvalue weighted by Crippen LogP contribution is -2.47. The SMILES string of the molecule is Cc1cc(C)c(C)c(S(=O)(=O)N(C2CC2)C2CC(=O)N(c3ccccc3)C2=O)c1C. The minimum absolute atomic E-state index is 0.133. The molecule has 1 saturated carbocycles. The first-order valence-electron chi connectivity index (χ1n) is 10.2. The molecule has 7 heteroatoms. The molecule has 158 valence electrons. The Balaban J connectivity index is 1.80. The number of hydrogen-bond acceptors (Lipinski definition) is 4. The summed E-state index contributed by atoms with van der Waals surface area (Å²) < 4.78 is 29.1. The number of benzene rings is 2. The van der Waals surface area contributed by atoms with Gasteiger partial charge in [-0.25, -0.2) is 13.3 Å². The Morgan fingerprint density at radius 3 is 2.03 bits per heavy atom. The van der Waals surface area contributed by atoms with E-state index in [9.17, 15) is 18.0 Å². The van der Waals surface area contributed by atoms with E-state index in [-0.39, 0.29) is 23.3 Å². The lowest BCUT2D eigenvalue weighted by Gasteiger charge is -2.29. The Labute approximate surface area is 177 Å². The highest BCUT2D eigenvalue weighted by molar-refractivity contribution is 7.89. The number of hydrogen-bond donors (Lipinski definition) is 0.